The lowest BCUT2D eigenvalue weighted by Gasteiger charge is -2.26. The van der Waals surface area contributed by atoms with Crippen LogP contribution in [0.15, 0.2) is 18.5 Å². The summed E-state index contributed by atoms with van der Waals surface area (Å²) in [7, 11) is 0. The molecule has 1 aromatic carbocycles. The zero-order valence-electron chi connectivity index (χ0n) is 10.7. The summed E-state index contributed by atoms with van der Waals surface area (Å²) in [4.78, 5) is 9.58. The summed E-state index contributed by atoms with van der Waals surface area (Å²) in [5.74, 6) is -0.231. The van der Waals surface area contributed by atoms with Crippen molar-refractivity contribution in [3.05, 3.63) is 51.8 Å². The molecule has 3 nitrogen and oxygen atoms in total. The molecule has 0 fully saturated rings. The topological polar surface area (TPSA) is 31.9 Å². The number of aromatic nitrogens is 2. The number of fused-ring (bicyclic) bond motifs is 1. The summed E-state index contributed by atoms with van der Waals surface area (Å²) in [5, 5.41) is 0.537. The molecule has 19 heavy (non-hydrogen) atoms. The number of halogens is 2. The fourth-order valence-electron chi connectivity index (χ4n) is 2.49. The minimum absolute atomic E-state index is 0.231. The van der Waals surface area contributed by atoms with Gasteiger partial charge in [-0.1, -0.05) is 17.7 Å². The van der Waals surface area contributed by atoms with Crippen LogP contribution < -0.4 is 0 Å². The summed E-state index contributed by atoms with van der Waals surface area (Å²) >= 11 is 6.21. The van der Waals surface area contributed by atoms with E-state index in [-0.39, 0.29) is 5.82 Å². The highest BCUT2D eigenvalue weighted by atomic mass is 35.5. The summed E-state index contributed by atoms with van der Waals surface area (Å²) in [6.45, 7) is 4.07. The van der Waals surface area contributed by atoms with Crippen molar-refractivity contribution in [3.63, 3.8) is 0 Å². The van der Waals surface area contributed by atoms with E-state index in [0.29, 0.717) is 17.1 Å². The zero-order valence-corrected chi connectivity index (χ0v) is 11.5. The van der Waals surface area contributed by atoms with Crippen LogP contribution in [0.3, 0.4) is 0 Å². The quantitative estimate of drug-likeness (QED) is 0.916. The maximum atomic E-state index is 13.9. The molecule has 0 radical (unpaired) electrons. The van der Waals surface area contributed by atoms with Crippen LogP contribution in [-0.4, -0.2) is 21.4 Å². The van der Waals surface area contributed by atoms with Gasteiger partial charge in [-0.3, -0.25) is 4.90 Å². The van der Waals surface area contributed by atoms with Crippen LogP contribution in [-0.2, 0) is 19.5 Å². The van der Waals surface area contributed by atoms with Gasteiger partial charge in [-0.25, -0.2) is 9.37 Å². The number of nitrogens with one attached hydrogen (secondary N) is 1. The Bertz CT molecular complexity index is 609. The molecule has 0 bridgehead atoms. The third kappa shape index (κ3) is 2.38. The third-order valence-corrected chi connectivity index (χ3v) is 4.14. The van der Waals surface area contributed by atoms with Crippen molar-refractivity contribution in [1.82, 2.24) is 14.9 Å². The Morgan fingerprint density at radius 1 is 1.47 bits per heavy atom. The molecule has 2 aromatic rings. The van der Waals surface area contributed by atoms with Crippen LogP contribution in [0.1, 0.15) is 22.5 Å². The summed E-state index contributed by atoms with van der Waals surface area (Å²) < 4.78 is 13.9. The van der Waals surface area contributed by atoms with E-state index in [1.165, 1.54) is 6.07 Å². The lowest BCUT2D eigenvalue weighted by Crippen LogP contribution is -2.30. The third-order valence-electron chi connectivity index (χ3n) is 3.61. The molecule has 0 unspecified atom stereocenters. The Labute approximate surface area is 116 Å². The van der Waals surface area contributed by atoms with E-state index in [2.05, 4.69) is 14.9 Å². The number of benzene rings is 1. The van der Waals surface area contributed by atoms with E-state index in [1.807, 2.05) is 6.92 Å². The summed E-state index contributed by atoms with van der Waals surface area (Å²) in [6.07, 6.45) is 2.61. The number of hydrogen-bond acceptors (Lipinski definition) is 2. The van der Waals surface area contributed by atoms with Crippen molar-refractivity contribution in [1.29, 1.82) is 0 Å². The van der Waals surface area contributed by atoms with Crippen molar-refractivity contribution in [2.24, 2.45) is 0 Å². The monoisotopic (exact) mass is 279 g/mol. The van der Waals surface area contributed by atoms with Crippen LogP contribution in [0.2, 0.25) is 5.02 Å². The molecule has 1 aliphatic rings. The molecule has 2 heterocycles. The highest BCUT2D eigenvalue weighted by Crippen LogP contribution is 2.26. The van der Waals surface area contributed by atoms with Crippen molar-refractivity contribution < 1.29 is 4.39 Å². The summed E-state index contributed by atoms with van der Waals surface area (Å²) in [6, 6.07) is 3.20. The maximum absolute atomic E-state index is 13.9. The Morgan fingerprint density at radius 2 is 2.32 bits per heavy atom. The van der Waals surface area contributed by atoms with E-state index in [9.17, 15) is 4.39 Å². The first-order valence-corrected chi connectivity index (χ1v) is 6.70. The Morgan fingerprint density at radius 3 is 3.16 bits per heavy atom. The van der Waals surface area contributed by atoms with Gasteiger partial charge in [0.2, 0.25) is 0 Å². The normalized spacial score (nSPS) is 15.5. The predicted octanol–water partition coefficient (Wildman–Crippen LogP) is 3.07. The molecule has 3 rings (SSSR count). The molecule has 0 spiro atoms. The average molecular weight is 280 g/mol. The van der Waals surface area contributed by atoms with Gasteiger partial charge in [-0.05, 0) is 18.6 Å². The fraction of sp³-hybridized carbons (Fsp3) is 0.357. The molecular weight excluding hydrogens is 265 g/mol. The predicted molar refractivity (Wildman–Crippen MR) is 72.6 cm³/mol. The van der Waals surface area contributed by atoms with Crippen molar-refractivity contribution >= 4 is 11.6 Å². The van der Waals surface area contributed by atoms with Crippen LogP contribution in [0, 0.1) is 12.7 Å². The number of aromatic amines is 1. The van der Waals surface area contributed by atoms with Gasteiger partial charge in [-0.2, -0.15) is 0 Å². The number of nitrogens with zero attached hydrogens (tertiary/aromatic N) is 2. The minimum Gasteiger partial charge on any atom is -0.347 e. The molecule has 100 valence electrons. The van der Waals surface area contributed by atoms with E-state index in [4.69, 9.17) is 11.6 Å². The lowest BCUT2D eigenvalue weighted by molar-refractivity contribution is 0.238. The first kappa shape index (κ1) is 12.6. The first-order chi connectivity index (χ1) is 9.15. The van der Waals surface area contributed by atoms with E-state index in [1.54, 1.807) is 12.4 Å². The van der Waals surface area contributed by atoms with Crippen LogP contribution >= 0.6 is 11.6 Å². The molecule has 0 saturated heterocycles. The molecule has 5 heteroatoms. The molecule has 1 aliphatic heterocycles. The van der Waals surface area contributed by atoms with Crippen LogP contribution in [0.4, 0.5) is 4.39 Å². The SMILES string of the molecule is Cc1ccc(F)c(CN2CCc3nc[nH]c3C2)c1Cl. The molecule has 1 N–H and O–H groups in total. The zero-order chi connectivity index (χ0) is 13.4. The molecule has 0 atom stereocenters. The standard InChI is InChI=1S/C14H15ClFN3/c1-9-2-3-11(16)10(14(9)15)6-19-5-4-12-13(7-19)18-8-17-12/h2-3,8H,4-7H2,1H3,(H,17,18). The molecule has 0 amide bonds. The highest BCUT2D eigenvalue weighted by Gasteiger charge is 2.20. The molecular formula is C14H15ClFN3. The largest absolute Gasteiger partial charge is 0.347 e. The van der Waals surface area contributed by atoms with Gasteiger partial charge in [0.1, 0.15) is 5.82 Å². The smallest absolute Gasteiger partial charge is 0.129 e. The van der Waals surface area contributed by atoms with Gasteiger partial charge in [0.25, 0.3) is 0 Å². The first-order valence-electron chi connectivity index (χ1n) is 6.32. The lowest BCUT2D eigenvalue weighted by atomic mass is 10.1. The van der Waals surface area contributed by atoms with Gasteiger partial charge in [0.05, 0.1) is 22.7 Å². The Balaban J connectivity index is 1.82. The van der Waals surface area contributed by atoms with Gasteiger partial charge >= 0.3 is 0 Å². The number of H-pyrrole nitrogens is 1. The molecule has 0 saturated carbocycles. The van der Waals surface area contributed by atoms with Crippen LogP contribution in [0.5, 0.6) is 0 Å². The van der Waals surface area contributed by atoms with E-state index in [0.717, 1.165) is 36.5 Å². The average Bonchev–Trinajstić information content (AvgIpc) is 2.86. The van der Waals surface area contributed by atoms with Gasteiger partial charge in [0, 0.05) is 31.6 Å². The number of aryl methyl sites for hydroxylation is 1. The van der Waals surface area contributed by atoms with Gasteiger partial charge in [-0.15, -0.1) is 0 Å². The fourth-order valence-corrected chi connectivity index (χ4v) is 2.70. The minimum atomic E-state index is -0.231. The van der Waals surface area contributed by atoms with Crippen molar-refractivity contribution in [2.75, 3.05) is 6.54 Å². The van der Waals surface area contributed by atoms with Gasteiger partial charge in [0.15, 0.2) is 0 Å². The van der Waals surface area contributed by atoms with Crippen molar-refractivity contribution in [2.45, 2.75) is 26.4 Å². The van der Waals surface area contributed by atoms with E-state index < -0.39 is 0 Å². The van der Waals surface area contributed by atoms with Gasteiger partial charge < -0.3 is 4.98 Å². The number of rotatable bonds is 2. The number of imidazole rings is 1. The number of hydrogen-bond donors (Lipinski definition) is 1. The molecule has 1 aromatic heterocycles. The highest BCUT2D eigenvalue weighted by molar-refractivity contribution is 6.32. The second-order valence-corrected chi connectivity index (χ2v) is 5.32. The molecule has 0 aliphatic carbocycles. The summed E-state index contributed by atoms with van der Waals surface area (Å²) in [5.41, 5.74) is 3.74. The van der Waals surface area contributed by atoms with Crippen molar-refractivity contribution in [3.8, 4) is 0 Å². The van der Waals surface area contributed by atoms with E-state index >= 15 is 0 Å². The second kappa shape index (κ2) is 4.94. The second-order valence-electron chi connectivity index (χ2n) is 4.95. The Hall–Kier alpha value is -1.39. The van der Waals surface area contributed by atoms with Crippen LogP contribution in [0.25, 0.3) is 0 Å². The Kier molecular flexibility index (Phi) is 3.29. The maximum Gasteiger partial charge on any atom is 0.129 e.